The third kappa shape index (κ3) is 4.04. The summed E-state index contributed by atoms with van der Waals surface area (Å²) in [5.41, 5.74) is -1.08. The molecule has 0 aromatic heterocycles. The van der Waals surface area contributed by atoms with Crippen LogP contribution in [0.25, 0.3) is 0 Å². The molecule has 1 rings (SSSR count). The van der Waals surface area contributed by atoms with Crippen LogP contribution in [0.4, 0.5) is 0 Å². The van der Waals surface area contributed by atoms with Crippen LogP contribution in [0.15, 0.2) is 0 Å². The van der Waals surface area contributed by atoms with E-state index >= 15 is 0 Å². The summed E-state index contributed by atoms with van der Waals surface area (Å²) in [7, 11) is 0. The highest BCUT2D eigenvalue weighted by Crippen LogP contribution is 2.39. The molecular weight excluding hydrogens is 248 g/mol. The number of carbonyl (C=O) groups is 3. The molecular formula is C14H22O5. The van der Waals surface area contributed by atoms with Crippen molar-refractivity contribution in [3.8, 4) is 0 Å². The largest absolute Gasteiger partial charge is 0.466 e. The first-order valence-electron chi connectivity index (χ1n) is 6.87. The normalized spacial score (nSPS) is 22.3. The third-order valence-electron chi connectivity index (χ3n) is 3.50. The first kappa shape index (κ1) is 15.7. The Morgan fingerprint density at radius 1 is 1.26 bits per heavy atom. The molecule has 0 N–H and O–H groups in total. The summed E-state index contributed by atoms with van der Waals surface area (Å²) in [6.45, 7) is 3.75. The van der Waals surface area contributed by atoms with E-state index in [1.165, 1.54) is 6.92 Å². The monoisotopic (exact) mass is 270 g/mol. The molecule has 1 unspecified atom stereocenters. The number of ether oxygens (including phenoxy) is 2. The average Bonchev–Trinajstić information content (AvgIpc) is 2.72. The van der Waals surface area contributed by atoms with Crippen molar-refractivity contribution in [1.82, 2.24) is 0 Å². The molecule has 5 heteroatoms. The standard InChI is InChI=1S/C14H22O5/c1-3-4-9-19-13(17)14(7-5-6-12(14)16)8-10-18-11(2)15/h3-10H2,1-2H3. The Morgan fingerprint density at radius 3 is 2.53 bits per heavy atom. The van der Waals surface area contributed by atoms with Crippen molar-refractivity contribution in [3.63, 3.8) is 0 Å². The lowest BCUT2D eigenvalue weighted by molar-refractivity contribution is -0.162. The Hall–Kier alpha value is -1.39. The van der Waals surface area contributed by atoms with Gasteiger partial charge in [-0.2, -0.15) is 0 Å². The highest BCUT2D eigenvalue weighted by atomic mass is 16.5. The van der Waals surface area contributed by atoms with Gasteiger partial charge in [-0.05, 0) is 19.3 Å². The maximum absolute atomic E-state index is 12.1. The summed E-state index contributed by atoms with van der Waals surface area (Å²) in [4.78, 5) is 34.9. The second-order valence-electron chi connectivity index (χ2n) is 4.94. The van der Waals surface area contributed by atoms with E-state index in [0.29, 0.717) is 25.9 Å². The summed E-state index contributed by atoms with van der Waals surface area (Å²) < 4.78 is 10.1. The van der Waals surface area contributed by atoms with Crippen LogP contribution in [-0.4, -0.2) is 30.9 Å². The van der Waals surface area contributed by atoms with Gasteiger partial charge in [0.25, 0.3) is 0 Å². The van der Waals surface area contributed by atoms with Gasteiger partial charge < -0.3 is 9.47 Å². The van der Waals surface area contributed by atoms with Crippen LogP contribution in [-0.2, 0) is 23.9 Å². The van der Waals surface area contributed by atoms with E-state index in [4.69, 9.17) is 9.47 Å². The molecule has 1 fully saturated rings. The van der Waals surface area contributed by atoms with Gasteiger partial charge in [0.2, 0.25) is 0 Å². The fourth-order valence-electron chi connectivity index (χ4n) is 2.33. The molecule has 108 valence electrons. The number of esters is 2. The molecule has 0 aliphatic heterocycles. The van der Waals surface area contributed by atoms with Crippen LogP contribution in [0.5, 0.6) is 0 Å². The maximum Gasteiger partial charge on any atom is 0.319 e. The Labute approximate surface area is 113 Å². The second kappa shape index (κ2) is 7.26. The number of unbranched alkanes of at least 4 members (excludes halogenated alkanes) is 1. The number of hydrogen-bond acceptors (Lipinski definition) is 5. The maximum atomic E-state index is 12.1. The minimum atomic E-state index is -1.08. The molecule has 0 spiro atoms. The first-order valence-corrected chi connectivity index (χ1v) is 6.87. The Bertz CT molecular complexity index is 350. The minimum Gasteiger partial charge on any atom is -0.466 e. The molecule has 0 bridgehead atoms. The molecule has 0 aromatic rings. The van der Waals surface area contributed by atoms with E-state index in [9.17, 15) is 14.4 Å². The fraction of sp³-hybridized carbons (Fsp3) is 0.786. The first-order chi connectivity index (χ1) is 9.03. The zero-order valence-corrected chi connectivity index (χ0v) is 11.7. The van der Waals surface area contributed by atoms with Crippen LogP contribution in [0, 0.1) is 5.41 Å². The van der Waals surface area contributed by atoms with Gasteiger partial charge in [0, 0.05) is 19.8 Å². The number of hydrogen-bond donors (Lipinski definition) is 0. The van der Waals surface area contributed by atoms with Crippen LogP contribution >= 0.6 is 0 Å². The Kier molecular flexibility index (Phi) is 5.99. The zero-order chi connectivity index (χ0) is 14.3. The van der Waals surface area contributed by atoms with E-state index < -0.39 is 17.4 Å². The number of carbonyl (C=O) groups excluding carboxylic acids is 3. The predicted octanol–water partition coefficient (Wildman–Crippen LogP) is 2.02. The highest BCUT2D eigenvalue weighted by molar-refractivity contribution is 6.05. The summed E-state index contributed by atoms with van der Waals surface area (Å²) in [5, 5.41) is 0. The van der Waals surface area contributed by atoms with Gasteiger partial charge in [-0.15, -0.1) is 0 Å². The molecule has 1 aliphatic rings. The fourth-order valence-corrected chi connectivity index (χ4v) is 2.33. The van der Waals surface area contributed by atoms with Gasteiger partial charge in [0.15, 0.2) is 0 Å². The molecule has 0 aromatic carbocycles. The summed E-state index contributed by atoms with van der Waals surface area (Å²) in [6, 6.07) is 0. The van der Waals surface area contributed by atoms with Crippen molar-refractivity contribution in [1.29, 1.82) is 0 Å². The van der Waals surface area contributed by atoms with E-state index in [0.717, 1.165) is 12.8 Å². The number of Topliss-reactive ketones (excluding diaryl/α,β-unsaturated/α-hetero) is 1. The molecule has 1 aliphatic carbocycles. The third-order valence-corrected chi connectivity index (χ3v) is 3.50. The molecule has 1 atom stereocenters. The number of rotatable bonds is 7. The Morgan fingerprint density at radius 2 is 2.00 bits per heavy atom. The lowest BCUT2D eigenvalue weighted by Gasteiger charge is -2.24. The SMILES string of the molecule is CCCCOC(=O)C1(CCOC(C)=O)CCCC1=O. The summed E-state index contributed by atoms with van der Waals surface area (Å²) in [6.07, 6.45) is 3.56. The van der Waals surface area contributed by atoms with E-state index in [-0.39, 0.29) is 18.8 Å². The van der Waals surface area contributed by atoms with Crippen molar-refractivity contribution in [2.45, 2.75) is 52.4 Å². The van der Waals surface area contributed by atoms with Gasteiger partial charge >= 0.3 is 11.9 Å². The van der Waals surface area contributed by atoms with Gasteiger partial charge in [0.1, 0.15) is 11.2 Å². The lowest BCUT2D eigenvalue weighted by Crippen LogP contribution is -2.38. The quantitative estimate of drug-likeness (QED) is 0.402. The molecule has 0 saturated heterocycles. The van der Waals surface area contributed by atoms with Gasteiger partial charge in [-0.3, -0.25) is 14.4 Å². The zero-order valence-electron chi connectivity index (χ0n) is 11.7. The summed E-state index contributed by atoms with van der Waals surface area (Å²) in [5.74, 6) is -0.934. The van der Waals surface area contributed by atoms with Crippen molar-refractivity contribution in [2.75, 3.05) is 13.2 Å². The molecule has 0 heterocycles. The smallest absolute Gasteiger partial charge is 0.319 e. The predicted molar refractivity (Wildman–Crippen MR) is 68.4 cm³/mol. The molecule has 0 radical (unpaired) electrons. The van der Waals surface area contributed by atoms with E-state index in [1.54, 1.807) is 0 Å². The van der Waals surface area contributed by atoms with Crippen LogP contribution < -0.4 is 0 Å². The Balaban J connectivity index is 2.62. The average molecular weight is 270 g/mol. The summed E-state index contributed by atoms with van der Waals surface area (Å²) >= 11 is 0. The lowest BCUT2D eigenvalue weighted by atomic mass is 9.82. The van der Waals surface area contributed by atoms with Crippen molar-refractivity contribution in [2.24, 2.45) is 5.41 Å². The van der Waals surface area contributed by atoms with Crippen molar-refractivity contribution < 1.29 is 23.9 Å². The van der Waals surface area contributed by atoms with E-state index in [2.05, 4.69) is 0 Å². The minimum absolute atomic E-state index is 0.0823. The second-order valence-corrected chi connectivity index (χ2v) is 4.94. The van der Waals surface area contributed by atoms with Crippen LogP contribution in [0.1, 0.15) is 52.4 Å². The van der Waals surface area contributed by atoms with Gasteiger partial charge in [0.05, 0.1) is 13.2 Å². The number of ketones is 1. The highest BCUT2D eigenvalue weighted by Gasteiger charge is 2.49. The molecule has 0 amide bonds. The molecule has 5 nitrogen and oxygen atoms in total. The van der Waals surface area contributed by atoms with Gasteiger partial charge in [-0.1, -0.05) is 13.3 Å². The molecule has 1 saturated carbocycles. The van der Waals surface area contributed by atoms with Crippen LogP contribution in [0.2, 0.25) is 0 Å². The topological polar surface area (TPSA) is 69.7 Å². The van der Waals surface area contributed by atoms with Gasteiger partial charge in [-0.25, -0.2) is 0 Å². The van der Waals surface area contributed by atoms with Crippen LogP contribution in [0.3, 0.4) is 0 Å². The molecule has 19 heavy (non-hydrogen) atoms. The van der Waals surface area contributed by atoms with Crippen molar-refractivity contribution >= 4 is 17.7 Å². The van der Waals surface area contributed by atoms with Crippen molar-refractivity contribution in [3.05, 3.63) is 0 Å². The van der Waals surface area contributed by atoms with E-state index in [1.807, 2.05) is 6.92 Å².